The van der Waals surface area contributed by atoms with Crippen molar-refractivity contribution in [3.63, 3.8) is 0 Å². The number of hydrogen-bond acceptors (Lipinski definition) is 4. The molecule has 2 aliphatic heterocycles. The van der Waals surface area contributed by atoms with E-state index in [0.717, 1.165) is 5.56 Å². The van der Waals surface area contributed by atoms with Crippen LogP contribution in [0.5, 0.6) is 0 Å². The second-order valence-corrected chi connectivity index (χ2v) is 6.42. The minimum Gasteiger partial charge on any atom is -0.367 e. The molecule has 2 heterocycles. The van der Waals surface area contributed by atoms with E-state index in [1.807, 2.05) is 6.07 Å². The summed E-state index contributed by atoms with van der Waals surface area (Å²) in [6.45, 7) is 2.07. The molecule has 0 unspecified atom stereocenters. The Morgan fingerprint density at radius 3 is 2.67 bits per heavy atom. The summed E-state index contributed by atoms with van der Waals surface area (Å²) in [4.78, 5) is 25.1. The maximum atomic E-state index is 12.0. The zero-order valence-electron chi connectivity index (χ0n) is 12.8. The highest BCUT2D eigenvalue weighted by molar-refractivity contribution is 6.42. The summed E-state index contributed by atoms with van der Waals surface area (Å²) >= 11 is 12.1. The Labute approximate surface area is 156 Å². The lowest BCUT2D eigenvalue weighted by atomic mass is 9.89. The average molecular weight is 395 g/mol. The SMILES string of the molecule is Cl.O=C1CNC(=O)N1C[C@]1(c2ccc(Cl)c(Cl)c2)CCNCCO1. The minimum absolute atomic E-state index is 0. The van der Waals surface area contributed by atoms with Crippen molar-refractivity contribution in [2.75, 3.05) is 32.8 Å². The molecule has 2 fully saturated rings. The number of nitrogens with one attached hydrogen (secondary N) is 2. The molecular weight excluding hydrogens is 377 g/mol. The topological polar surface area (TPSA) is 70.7 Å². The number of rotatable bonds is 3. The number of carbonyl (C=O) groups excluding carboxylic acids is 2. The zero-order valence-corrected chi connectivity index (χ0v) is 15.1. The van der Waals surface area contributed by atoms with Crippen LogP contribution in [-0.4, -0.2) is 49.6 Å². The highest BCUT2D eigenvalue weighted by Gasteiger charge is 2.41. The Morgan fingerprint density at radius 1 is 1.21 bits per heavy atom. The molecule has 0 saturated carbocycles. The summed E-state index contributed by atoms with van der Waals surface area (Å²) in [6.07, 6.45) is 0.613. The van der Waals surface area contributed by atoms with Crippen molar-refractivity contribution in [3.8, 4) is 0 Å². The van der Waals surface area contributed by atoms with E-state index >= 15 is 0 Å². The van der Waals surface area contributed by atoms with E-state index in [9.17, 15) is 9.59 Å². The summed E-state index contributed by atoms with van der Waals surface area (Å²) in [6, 6.07) is 4.88. The summed E-state index contributed by atoms with van der Waals surface area (Å²) in [5.74, 6) is -0.254. The quantitative estimate of drug-likeness (QED) is 0.771. The molecule has 1 atom stereocenters. The van der Waals surface area contributed by atoms with Crippen LogP contribution < -0.4 is 10.6 Å². The number of urea groups is 1. The van der Waals surface area contributed by atoms with E-state index in [4.69, 9.17) is 27.9 Å². The Balaban J connectivity index is 0.00000208. The first kappa shape index (κ1) is 19.3. The molecule has 132 valence electrons. The maximum absolute atomic E-state index is 12.0. The van der Waals surface area contributed by atoms with Gasteiger partial charge in [-0.25, -0.2) is 4.79 Å². The van der Waals surface area contributed by atoms with Crippen LogP contribution in [0.25, 0.3) is 0 Å². The van der Waals surface area contributed by atoms with Crippen LogP contribution in [0.2, 0.25) is 10.0 Å². The van der Waals surface area contributed by atoms with Gasteiger partial charge < -0.3 is 15.4 Å². The number of imide groups is 1. The normalized spacial score (nSPS) is 24.3. The van der Waals surface area contributed by atoms with Crippen molar-refractivity contribution in [3.05, 3.63) is 33.8 Å². The Morgan fingerprint density at radius 2 is 2.00 bits per heavy atom. The first-order valence-electron chi connectivity index (χ1n) is 7.40. The molecule has 24 heavy (non-hydrogen) atoms. The van der Waals surface area contributed by atoms with Crippen LogP contribution in [0, 0.1) is 0 Å². The summed E-state index contributed by atoms with van der Waals surface area (Å²) < 4.78 is 6.09. The second-order valence-electron chi connectivity index (χ2n) is 5.61. The molecule has 6 nitrogen and oxygen atoms in total. The summed E-state index contributed by atoms with van der Waals surface area (Å²) in [5.41, 5.74) is 0.0119. The number of ether oxygens (including phenoxy) is 1. The van der Waals surface area contributed by atoms with Gasteiger partial charge in [-0.2, -0.15) is 0 Å². The second kappa shape index (κ2) is 7.89. The van der Waals surface area contributed by atoms with Gasteiger partial charge in [0.2, 0.25) is 5.91 Å². The molecule has 0 aromatic heterocycles. The fourth-order valence-electron chi connectivity index (χ4n) is 2.90. The van der Waals surface area contributed by atoms with Crippen molar-refractivity contribution in [2.45, 2.75) is 12.0 Å². The monoisotopic (exact) mass is 393 g/mol. The molecule has 1 aromatic carbocycles. The van der Waals surface area contributed by atoms with Crippen LogP contribution in [0.15, 0.2) is 18.2 Å². The number of nitrogens with zero attached hydrogens (tertiary/aromatic N) is 1. The van der Waals surface area contributed by atoms with Crippen LogP contribution in [0.3, 0.4) is 0 Å². The van der Waals surface area contributed by atoms with Crippen molar-refractivity contribution >= 4 is 47.5 Å². The first-order valence-corrected chi connectivity index (χ1v) is 8.16. The van der Waals surface area contributed by atoms with E-state index in [2.05, 4.69) is 10.6 Å². The fraction of sp³-hybridized carbons (Fsp3) is 0.467. The third-order valence-electron chi connectivity index (χ3n) is 4.16. The number of benzene rings is 1. The minimum atomic E-state index is -0.797. The van der Waals surface area contributed by atoms with E-state index in [1.165, 1.54) is 4.90 Å². The molecule has 0 aliphatic carbocycles. The van der Waals surface area contributed by atoms with Gasteiger partial charge in [0.1, 0.15) is 5.60 Å². The largest absolute Gasteiger partial charge is 0.367 e. The molecule has 0 spiro atoms. The summed E-state index contributed by atoms with van der Waals surface area (Å²) in [5, 5.41) is 6.66. The first-order chi connectivity index (χ1) is 11.0. The van der Waals surface area contributed by atoms with Crippen LogP contribution in [0.4, 0.5) is 4.79 Å². The molecule has 2 saturated heterocycles. The number of hydrogen-bond donors (Lipinski definition) is 2. The van der Waals surface area contributed by atoms with Gasteiger partial charge in [-0.1, -0.05) is 29.3 Å². The lowest BCUT2D eigenvalue weighted by Gasteiger charge is -2.35. The number of amides is 3. The molecule has 1 aromatic rings. The van der Waals surface area contributed by atoms with Crippen molar-refractivity contribution in [1.82, 2.24) is 15.5 Å². The standard InChI is InChI=1S/C15H17Cl2N3O3.ClH/c16-11-2-1-10(7-12(11)17)15(3-4-18-5-6-23-15)9-20-13(21)8-19-14(20)22;/h1-2,7,18H,3-6,8-9H2,(H,19,22);1H/t15-;/m0./s1. The number of halogens is 3. The highest BCUT2D eigenvalue weighted by atomic mass is 35.5. The predicted octanol–water partition coefficient (Wildman–Crippen LogP) is 2.17. The summed E-state index contributed by atoms with van der Waals surface area (Å²) in [7, 11) is 0. The molecule has 2 aliphatic rings. The van der Waals surface area contributed by atoms with Gasteiger partial charge in [-0.3, -0.25) is 9.69 Å². The third kappa shape index (κ3) is 3.78. The van der Waals surface area contributed by atoms with Crippen molar-refractivity contribution < 1.29 is 14.3 Å². The average Bonchev–Trinajstić information content (AvgIpc) is 2.75. The fourth-order valence-corrected chi connectivity index (χ4v) is 3.20. The molecular formula is C15H18Cl3N3O3. The lowest BCUT2D eigenvalue weighted by molar-refractivity contribution is -0.130. The van der Waals surface area contributed by atoms with E-state index in [-0.39, 0.29) is 31.4 Å². The van der Waals surface area contributed by atoms with Gasteiger partial charge in [0.05, 0.1) is 29.7 Å². The van der Waals surface area contributed by atoms with Crippen LogP contribution >= 0.6 is 35.6 Å². The highest BCUT2D eigenvalue weighted by Crippen LogP contribution is 2.35. The molecule has 0 bridgehead atoms. The van der Waals surface area contributed by atoms with Crippen molar-refractivity contribution in [1.29, 1.82) is 0 Å². The van der Waals surface area contributed by atoms with Crippen LogP contribution in [0.1, 0.15) is 12.0 Å². The lowest BCUT2D eigenvalue weighted by Crippen LogP contribution is -2.46. The maximum Gasteiger partial charge on any atom is 0.324 e. The molecule has 9 heteroatoms. The van der Waals surface area contributed by atoms with E-state index in [1.54, 1.807) is 12.1 Å². The van der Waals surface area contributed by atoms with E-state index < -0.39 is 11.6 Å². The zero-order chi connectivity index (χ0) is 16.4. The molecule has 3 rings (SSSR count). The van der Waals surface area contributed by atoms with Crippen LogP contribution in [-0.2, 0) is 15.1 Å². The Hall–Kier alpha value is -1.05. The van der Waals surface area contributed by atoms with Gasteiger partial charge >= 0.3 is 6.03 Å². The van der Waals surface area contributed by atoms with Gasteiger partial charge in [-0.05, 0) is 30.7 Å². The van der Waals surface area contributed by atoms with Crippen molar-refractivity contribution in [2.24, 2.45) is 0 Å². The van der Waals surface area contributed by atoms with Gasteiger partial charge in [0, 0.05) is 6.54 Å². The van der Waals surface area contributed by atoms with Gasteiger partial charge in [0.25, 0.3) is 0 Å². The molecule has 3 amide bonds. The Bertz CT molecular complexity index is 618. The Kier molecular flexibility index (Phi) is 6.33. The van der Waals surface area contributed by atoms with Gasteiger partial charge in [-0.15, -0.1) is 12.4 Å². The number of carbonyl (C=O) groups is 2. The van der Waals surface area contributed by atoms with E-state index in [0.29, 0.717) is 36.2 Å². The molecule has 0 radical (unpaired) electrons. The predicted molar refractivity (Wildman–Crippen MR) is 93.9 cm³/mol. The smallest absolute Gasteiger partial charge is 0.324 e. The third-order valence-corrected chi connectivity index (χ3v) is 4.90. The van der Waals surface area contributed by atoms with Gasteiger partial charge in [0.15, 0.2) is 0 Å². The molecule has 2 N–H and O–H groups in total.